The lowest BCUT2D eigenvalue weighted by atomic mass is 10.2. The van der Waals surface area contributed by atoms with Crippen molar-refractivity contribution in [3.8, 4) is 0 Å². The number of carbonyl (C=O) groups is 1. The van der Waals surface area contributed by atoms with E-state index in [1.807, 2.05) is 0 Å². The third kappa shape index (κ3) is 2.33. The smallest absolute Gasteiger partial charge is 0.240 e. The van der Waals surface area contributed by atoms with Crippen molar-refractivity contribution in [1.29, 1.82) is 0 Å². The van der Waals surface area contributed by atoms with Gasteiger partial charge in [-0.25, -0.2) is 4.39 Å². The Kier molecular flexibility index (Phi) is 2.44. The molecule has 0 unspecified atom stereocenters. The molecule has 80 valence electrons. The fraction of sp³-hybridized carbons (Fsp3) is 0.364. The van der Waals surface area contributed by atoms with Gasteiger partial charge in [-0.2, -0.15) is 0 Å². The Balaban J connectivity index is 1.90. The largest absolute Gasteiger partial charge is 0.350 e. The van der Waals surface area contributed by atoms with Crippen LogP contribution in [0.3, 0.4) is 0 Å². The summed E-state index contributed by atoms with van der Waals surface area (Å²) in [5, 5.41) is 2.70. The Morgan fingerprint density at radius 3 is 2.87 bits per heavy atom. The van der Waals surface area contributed by atoms with Gasteiger partial charge in [-0.05, 0) is 30.5 Å². The van der Waals surface area contributed by atoms with Crippen molar-refractivity contribution >= 4 is 5.91 Å². The molecule has 1 aliphatic carbocycles. The van der Waals surface area contributed by atoms with E-state index in [1.54, 1.807) is 12.1 Å². The number of rotatable bonds is 3. The van der Waals surface area contributed by atoms with E-state index in [1.165, 1.54) is 12.1 Å². The van der Waals surface area contributed by atoms with Gasteiger partial charge in [0.05, 0.1) is 5.54 Å². The fourth-order valence-electron chi connectivity index (χ4n) is 1.37. The molecule has 0 aromatic heterocycles. The maximum absolute atomic E-state index is 12.8. The Hall–Kier alpha value is -1.42. The second kappa shape index (κ2) is 3.62. The first kappa shape index (κ1) is 10.1. The minimum absolute atomic E-state index is 0.147. The van der Waals surface area contributed by atoms with E-state index in [-0.39, 0.29) is 11.7 Å². The molecule has 2 rings (SSSR count). The molecule has 1 aromatic rings. The lowest BCUT2D eigenvalue weighted by molar-refractivity contribution is -0.123. The van der Waals surface area contributed by atoms with Gasteiger partial charge < -0.3 is 11.1 Å². The number of nitrogens with one attached hydrogen (secondary N) is 1. The van der Waals surface area contributed by atoms with Crippen molar-refractivity contribution in [3.05, 3.63) is 35.6 Å². The molecule has 0 bridgehead atoms. The summed E-state index contributed by atoms with van der Waals surface area (Å²) in [6.07, 6.45) is 1.48. The highest BCUT2D eigenvalue weighted by Crippen LogP contribution is 2.32. The summed E-state index contributed by atoms with van der Waals surface area (Å²) in [7, 11) is 0. The molecule has 1 aliphatic rings. The number of halogens is 1. The maximum atomic E-state index is 12.8. The van der Waals surface area contributed by atoms with Crippen LogP contribution in [0.2, 0.25) is 0 Å². The number of hydrogen-bond donors (Lipinski definition) is 2. The molecule has 15 heavy (non-hydrogen) atoms. The van der Waals surface area contributed by atoms with E-state index in [0.29, 0.717) is 6.54 Å². The lowest BCUT2D eigenvalue weighted by Crippen LogP contribution is -2.42. The Labute approximate surface area is 87.5 Å². The van der Waals surface area contributed by atoms with Crippen LogP contribution in [0.25, 0.3) is 0 Å². The van der Waals surface area contributed by atoms with Gasteiger partial charge in [0, 0.05) is 6.54 Å². The molecule has 0 atom stereocenters. The van der Waals surface area contributed by atoms with Crippen LogP contribution in [0.5, 0.6) is 0 Å². The van der Waals surface area contributed by atoms with Crippen LogP contribution in [0.15, 0.2) is 24.3 Å². The van der Waals surface area contributed by atoms with Crippen LogP contribution in [-0.4, -0.2) is 11.4 Å². The molecular formula is C11H13FN2O. The van der Waals surface area contributed by atoms with Crippen molar-refractivity contribution in [2.75, 3.05) is 0 Å². The lowest BCUT2D eigenvalue weighted by Gasteiger charge is -2.09. The van der Waals surface area contributed by atoms with E-state index in [4.69, 9.17) is 5.73 Å². The summed E-state index contributed by atoms with van der Waals surface area (Å²) in [5.74, 6) is -0.442. The number of nitrogens with two attached hydrogens (primary N) is 1. The monoisotopic (exact) mass is 208 g/mol. The zero-order chi connectivity index (χ0) is 10.9. The molecule has 1 fully saturated rings. The van der Waals surface area contributed by atoms with Crippen LogP contribution < -0.4 is 11.1 Å². The SMILES string of the molecule is NC1(C(=O)NCc2cccc(F)c2)CC1. The molecule has 0 spiro atoms. The van der Waals surface area contributed by atoms with Gasteiger partial charge in [-0.3, -0.25) is 4.79 Å². The standard InChI is InChI=1S/C11H13FN2O/c12-9-3-1-2-8(6-9)7-14-10(15)11(13)4-5-11/h1-3,6H,4-5,7,13H2,(H,14,15). The topological polar surface area (TPSA) is 55.1 Å². The summed E-state index contributed by atoms with van der Waals surface area (Å²) < 4.78 is 12.8. The molecule has 0 heterocycles. The van der Waals surface area contributed by atoms with Crippen molar-refractivity contribution in [1.82, 2.24) is 5.32 Å². The molecule has 1 aromatic carbocycles. The second-order valence-corrected chi connectivity index (χ2v) is 3.97. The predicted octanol–water partition coefficient (Wildman–Crippen LogP) is 0.933. The Bertz CT molecular complexity index is 388. The number of amides is 1. The van der Waals surface area contributed by atoms with E-state index in [2.05, 4.69) is 5.32 Å². The first-order valence-electron chi connectivity index (χ1n) is 4.92. The molecule has 0 aliphatic heterocycles. The van der Waals surface area contributed by atoms with Gasteiger partial charge in [0.25, 0.3) is 0 Å². The van der Waals surface area contributed by atoms with Crippen LogP contribution in [0, 0.1) is 5.82 Å². The zero-order valence-electron chi connectivity index (χ0n) is 8.29. The third-order valence-electron chi connectivity index (χ3n) is 2.58. The molecule has 0 radical (unpaired) electrons. The molecule has 0 saturated heterocycles. The first-order chi connectivity index (χ1) is 7.10. The van der Waals surface area contributed by atoms with Crippen LogP contribution >= 0.6 is 0 Å². The third-order valence-corrected chi connectivity index (χ3v) is 2.58. The summed E-state index contributed by atoms with van der Waals surface area (Å²) in [4.78, 5) is 11.5. The Morgan fingerprint density at radius 2 is 2.27 bits per heavy atom. The van der Waals surface area contributed by atoms with Crippen molar-refractivity contribution < 1.29 is 9.18 Å². The average molecular weight is 208 g/mol. The Morgan fingerprint density at radius 1 is 1.53 bits per heavy atom. The molecule has 4 heteroatoms. The fourth-order valence-corrected chi connectivity index (χ4v) is 1.37. The molecule has 1 saturated carbocycles. The molecule has 3 nitrogen and oxygen atoms in total. The average Bonchev–Trinajstić information content (AvgIpc) is 2.94. The number of benzene rings is 1. The quantitative estimate of drug-likeness (QED) is 0.776. The van der Waals surface area contributed by atoms with Gasteiger partial charge in [0.2, 0.25) is 5.91 Å². The summed E-state index contributed by atoms with van der Waals surface area (Å²) >= 11 is 0. The normalized spacial score (nSPS) is 17.2. The van der Waals surface area contributed by atoms with Crippen LogP contribution in [0.1, 0.15) is 18.4 Å². The van der Waals surface area contributed by atoms with E-state index < -0.39 is 5.54 Å². The molecule has 3 N–H and O–H groups in total. The summed E-state index contributed by atoms with van der Waals surface area (Å²) in [6, 6.07) is 6.15. The second-order valence-electron chi connectivity index (χ2n) is 3.97. The highest BCUT2D eigenvalue weighted by Gasteiger charge is 2.45. The first-order valence-corrected chi connectivity index (χ1v) is 4.92. The number of carbonyl (C=O) groups excluding carboxylic acids is 1. The van der Waals surface area contributed by atoms with Gasteiger partial charge in [0.15, 0.2) is 0 Å². The highest BCUT2D eigenvalue weighted by molar-refractivity contribution is 5.88. The van der Waals surface area contributed by atoms with E-state index in [9.17, 15) is 9.18 Å². The number of hydrogen-bond acceptors (Lipinski definition) is 2. The van der Waals surface area contributed by atoms with Gasteiger partial charge in [-0.15, -0.1) is 0 Å². The van der Waals surface area contributed by atoms with Gasteiger partial charge >= 0.3 is 0 Å². The van der Waals surface area contributed by atoms with Crippen molar-refractivity contribution in [2.24, 2.45) is 5.73 Å². The molecule has 1 amide bonds. The van der Waals surface area contributed by atoms with Crippen molar-refractivity contribution in [3.63, 3.8) is 0 Å². The zero-order valence-corrected chi connectivity index (χ0v) is 8.29. The van der Waals surface area contributed by atoms with Crippen LogP contribution in [0.4, 0.5) is 4.39 Å². The summed E-state index contributed by atoms with van der Waals surface area (Å²) in [5.41, 5.74) is 5.78. The summed E-state index contributed by atoms with van der Waals surface area (Å²) in [6.45, 7) is 0.329. The van der Waals surface area contributed by atoms with Crippen LogP contribution in [-0.2, 0) is 11.3 Å². The van der Waals surface area contributed by atoms with E-state index in [0.717, 1.165) is 18.4 Å². The van der Waals surface area contributed by atoms with Crippen molar-refractivity contribution in [2.45, 2.75) is 24.9 Å². The van der Waals surface area contributed by atoms with Gasteiger partial charge in [0.1, 0.15) is 5.82 Å². The minimum atomic E-state index is -0.659. The van der Waals surface area contributed by atoms with Gasteiger partial charge in [-0.1, -0.05) is 12.1 Å². The molecular weight excluding hydrogens is 195 g/mol. The minimum Gasteiger partial charge on any atom is -0.350 e. The van der Waals surface area contributed by atoms with E-state index >= 15 is 0 Å². The predicted molar refractivity (Wildman–Crippen MR) is 54.4 cm³/mol. The highest BCUT2D eigenvalue weighted by atomic mass is 19.1. The maximum Gasteiger partial charge on any atom is 0.240 e.